The minimum Gasteiger partial charge on any atom is -0.433 e. The van der Waals surface area contributed by atoms with E-state index in [0.717, 1.165) is 11.1 Å². The lowest BCUT2D eigenvalue weighted by atomic mass is 10.2. The fraction of sp³-hybridized carbons (Fsp3) is 0.158. The minimum atomic E-state index is -2.94. The summed E-state index contributed by atoms with van der Waals surface area (Å²) in [4.78, 5) is 0. The van der Waals surface area contributed by atoms with Crippen LogP contribution in [0, 0.1) is 6.92 Å². The minimum absolute atomic E-state index is 0.00111. The molecule has 1 heterocycles. The first-order chi connectivity index (χ1) is 13.8. The maximum Gasteiger partial charge on any atom is 0.387 e. The average Bonchev–Trinajstić information content (AvgIpc) is 3.07. The van der Waals surface area contributed by atoms with Crippen molar-refractivity contribution in [1.82, 2.24) is 9.78 Å². The van der Waals surface area contributed by atoms with Gasteiger partial charge in [0.05, 0.1) is 24.1 Å². The fourth-order valence-electron chi connectivity index (χ4n) is 2.58. The summed E-state index contributed by atoms with van der Waals surface area (Å²) in [5.41, 5.74) is 2.55. The maximum atomic E-state index is 12.6. The average molecular weight is 457 g/mol. The fourth-order valence-corrected chi connectivity index (χ4v) is 3.33. The van der Waals surface area contributed by atoms with Gasteiger partial charge in [-0.25, -0.2) is 0 Å². The van der Waals surface area contributed by atoms with E-state index in [1.165, 1.54) is 6.07 Å². The molecule has 1 aromatic heterocycles. The molecule has 0 spiro atoms. The SMILES string of the molecule is Cc1ccc(OC(F)F)c(NC(=S)Nc2cnn(Cc3c(Cl)cccc3Cl)c2)c1. The van der Waals surface area contributed by atoms with Crippen molar-refractivity contribution in [3.63, 3.8) is 0 Å². The zero-order valence-corrected chi connectivity index (χ0v) is 17.5. The Morgan fingerprint density at radius 2 is 1.93 bits per heavy atom. The summed E-state index contributed by atoms with van der Waals surface area (Å²) in [7, 11) is 0. The van der Waals surface area contributed by atoms with Gasteiger partial charge in [0.15, 0.2) is 5.11 Å². The molecule has 0 saturated heterocycles. The van der Waals surface area contributed by atoms with Crippen molar-refractivity contribution in [2.24, 2.45) is 0 Å². The van der Waals surface area contributed by atoms with Crippen LogP contribution in [-0.4, -0.2) is 21.5 Å². The van der Waals surface area contributed by atoms with Crippen LogP contribution in [0.25, 0.3) is 0 Å². The first kappa shape index (κ1) is 21.3. The Morgan fingerprint density at radius 1 is 1.21 bits per heavy atom. The molecular formula is C19H16Cl2F2N4OS. The van der Waals surface area contributed by atoms with Crippen LogP contribution >= 0.6 is 35.4 Å². The molecule has 3 aromatic rings. The van der Waals surface area contributed by atoms with Crippen LogP contribution in [0.4, 0.5) is 20.2 Å². The monoisotopic (exact) mass is 456 g/mol. The summed E-state index contributed by atoms with van der Waals surface area (Å²) in [6, 6.07) is 10.1. The van der Waals surface area contributed by atoms with E-state index in [9.17, 15) is 8.78 Å². The number of ether oxygens (including phenoxy) is 1. The molecular weight excluding hydrogens is 441 g/mol. The lowest BCUT2D eigenvalue weighted by molar-refractivity contribution is -0.0493. The number of aryl methyl sites for hydroxylation is 1. The van der Waals surface area contributed by atoms with E-state index < -0.39 is 6.61 Å². The number of nitrogens with one attached hydrogen (secondary N) is 2. The van der Waals surface area contributed by atoms with Gasteiger partial charge in [-0.1, -0.05) is 35.3 Å². The molecule has 0 aliphatic heterocycles. The first-order valence-electron chi connectivity index (χ1n) is 8.40. The molecule has 0 aliphatic rings. The highest BCUT2D eigenvalue weighted by Gasteiger charge is 2.12. The van der Waals surface area contributed by atoms with E-state index in [1.807, 2.05) is 6.92 Å². The number of rotatable bonds is 6. The van der Waals surface area contributed by atoms with Gasteiger partial charge in [-0.15, -0.1) is 0 Å². The van der Waals surface area contributed by atoms with E-state index in [-0.39, 0.29) is 10.9 Å². The molecule has 2 aromatic carbocycles. The van der Waals surface area contributed by atoms with Gasteiger partial charge in [0, 0.05) is 21.8 Å². The van der Waals surface area contributed by atoms with Crippen molar-refractivity contribution in [3.8, 4) is 5.75 Å². The van der Waals surface area contributed by atoms with Crippen molar-refractivity contribution in [1.29, 1.82) is 0 Å². The smallest absolute Gasteiger partial charge is 0.387 e. The third-order valence-electron chi connectivity index (χ3n) is 3.87. The number of halogens is 4. The van der Waals surface area contributed by atoms with Crippen LogP contribution in [-0.2, 0) is 6.54 Å². The molecule has 0 bridgehead atoms. The summed E-state index contributed by atoms with van der Waals surface area (Å²) in [6.07, 6.45) is 3.30. The van der Waals surface area contributed by atoms with Crippen LogP contribution in [0.2, 0.25) is 10.0 Å². The molecule has 29 heavy (non-hydrogen) atoms. The van der Waals surface area contributed by atoms with Crippen molar-refractivity contribution >= 4 is 51.9 Å². The highest BCUT2D eigenvalue weighted by molar-refractivity contribution is 7.80. The summed E-state index contributed by atoms with van der Waals surface area (Å²) in [5, 5.41) is 11.4. The Hall–Kier alpha value is -2.42. The zero-order chi connectivity index (χ0) is 21.0. The predicted octanol–water partition coefficient (Wildman–Crippen LogP) is 5.96. The molecule has 5 nitrogen and oxygen atoms in total. The lowest BCUT2D eigenvalue weighted by Crippen LogP contribution is -2.19. The van der Waals surface area contributed by atoms with Crippen molar-refractivity contribution in [2.75, 3.05) is 10.6 Å². The highest BCUT2D eigenvalue weighted by Crippen LogP contribution is 2.28. The Labute approximate surface area is 181 Å². The number of alkyl halides is 2. The predicted molar refractivity (Wildman–Crippen MR) is 115 cm³/mol. The molecule has 0 unspecified atom stereocenters. The third kappa shape index (κ3) is 5.79. The van der Waals surface area contributed by atoms with E-state index >= 15 is 0 Å². The van der Waals surface area contributed by atoms with E-state index in [2.05, 4.69) is 20.5 Å². The quantitative estimate of drug-likeness (QED) is 0.448. The largest absolute Gasteiger partial charge is 0.433 e. The van der Waals surface area contributed by atoms with Gasteiger partial charge >= 0.3 is 6.61 Å². The summed E-state index contributed by atoms with van der Waals surface area (Å²) < 4.78 is 31.4. The van der Waals surface area contributed by atoms with Crippen molar-refractivity contribution in [3.05, 3.63) is 70.0 Å². The number of aromatic nitrogens is 2. The normalized spacial score (nSPS) is 10.8. The van der Waals surface area contributed by atoms with Crippen LogP contribution < -0.4 is 15.4 Å². The second kappa shape index (κ2) is 9.39. The first-order valence-corrected chi connectivity index (χ1v) is 9.57. The van der Waals surface area contributed by atoms with Gasteiger partial charge in [-0.05, 0) is 49.0 Å². The standard InChI is InChI=1S/C19H16Cl2F2N4OS/c1-11-5-6-17(28-18(22)23)16(7-11)26-19(29)25-12-8-24-27(9-12)10-13-14(20)3-2-4-15(13)21/h2-9,18H,10H2,1H3,(H2,25,26,29). The Balaban J connectivity index is 1.67. The summed E-state index contributed by atoms with van der Waals surface area (Å²) in [6.45, 7) is -0.725. The van der Waals surface area contributed by atoms with Crippen molar-refractivity contribution in [2.45, 2.75) is 20.1 Å². The molecule has 152 valence electrons. The second-order valence-electron chi connectivity index (χ2n) is 6.08. The Morgan fingerprint density at radius 3 is 2.62 bits per heavy atom. The summed E-state index contributed by atoms with van der Waals surface area (Å²) in [5.74, 6) is -0.00111. The summed E-state index contributed by atoms with van der Waals surface area (Å²) >= 11 is 17.6. The number of benzene rings is 2. The van der Waals surface area contributed by atoms with Crippen LogP contribution in [0.1, 0.15) is 11.1 Å². The number of anilines is 2. The third-order valence-corrected chi connectivity index (χ3v) is 4.78. The van der Waals surface area contributed by atoms with Gasteiger partial charge < -0.3 is 15.4 Å². The van der Waals surface area contributed by atoms with Gasteiger partial charge in [-0.2, -0.15) is 13.9 Å². The lowest BCUT2D eigenvalue weighted by Gasteiger charge is -2.14. The highest BCUT2D eigenvalue weighted by atomic mass is 35.5. The molecule has 10 heteroatoms. The molecule has 2 N–H and O–H groups in total. The maximum absolute atomic E-state index is 12.6. The molecule has 3 rings (SSSR count). The van der Waals surface area contributed by atoms with E-state index in [1.54, 1.807) is 47.4 Å². The van der Waals surface area contributed by atoms with Gasteiger partial charge in [-0.3, -0.25) is 4.68 Å². The van der Waals surface area contributed by atoms with Gasteiger partial charge in [0.2, 0.25) is 0 Å². The van der Waals surface area contributed by atoms with Gasteiger partial charge in [0.1, 0.15) is 5.75 Å². The number of nitrogens with zero attached hydrogens (tertiary/aromatic N) is 2. The molecule has 0 saturated carbocycles. The van der Waals surface area contributed by atoms with Crippen molar-refractivity contribution < 1.29 is 13.5 Å². The van der Waals surface area contributed by atoms with E-state index in [4.69, 9.17) is 35.4 Å². The molecule has 0 atom stereocenters. The Kier molecular flexibility index (Phi) is 6.89. The molecule has 0 aliphatic carbocycles. The Bertz CT molecular complexity index is 1010. The van der Waals surface area contributed by atoms with E-state index in [0.29, 0.717) is 28.0 Å². The molecule has 0 radical (unpaired) electrons. The van der Waals surface area contributed by atoms with Gasteiger partial charge in [0.25, 0.3) is 0 Å². The number of hydrogen-bond acceptors (Lipinski definition) is 3. The topological polar surface area (TPSA) is 51.1 Å². The number of hydrogen-bond donors (Lipinski definition) is 2. The van der Waals surface area contributed by atoms with Crippen LogP contribution in [0.5, 0.6) is 5.75 Å². The second-order valence-corrected chi connectivity index (χ2v) is 7.31. The van der Waals surface area contributed by atoms with Crippen LogP contribution in [0.3, 0.4) is 0 Å². The zero-order valence-electron chi connectivity index (χ0n) is 15.1. The number of thiocarbonyl (C=S) groups is 1. The molecule has 0 fully saturated rings. The molecule has 0 amide bonds. The van der Waals surface area contributed by atoms with Crippen LogP contribution in [0.15, 0.2) is 48.8 Å².